The molecule has 0 bridgehead atoms. The Morgan fingerprint density at radius 2 is 2.00 bits per heavy atom. The van der Waals surface area contributed by atoms with E-state index in [0.717, 1.165) is 0 Å². The molecule has 1 saturated heterocycles. The van der Waals surface area contributed by atoms with Crippen molar-refractivity contribution in [1.29, 1.82) is 0 Å². The SMILES string of the molecule is [2H]c1c(OC2O[C@H](CO)[C@H](O)[C@H](O)[C@H]2O)ccc2c(C)cc(=O)oc12. The van der Waals surface area contributed by atoms with E-state index in [2.05, 4.69) is 0 Å². The van der Waals surface area contributed by atoms with Crippen LogP contribution in [-0.2, 0) is 4.74 Å². The first kappa shape index (κ1) is 15.6. The predicted octanol–water partition coefficient (Wildman–Crippen LogP) is -0.720. The first-order valence-corrected chi connectivity index (χ1v) is 7.34. The lowest BCUT2D eigenvalue weighted by Gasteiger charge is -2.39. The van der Waals surface area contributed by atoms with Gasteiger partial charge in [-0.05, 0) is 24.6 Å². The number of aryl methyl sites for hydroxylation is 1. The summed E-state index contributed by atoms with van der Waals surface area (Å²) in [6, 6.07) is 4.11. The number of aliphatic hydroxyl groups excluding tert-OH is 4. The maximum Gasteiger partial charge on any atom is 0.336 e. The largest absolute Gasteiger partial charge is 0.462 e. The fourth-order valence-corrected chi connectivity index (χ4v) is 2.59. The van der Waals surface area contributed by atoms with Crippen molar-refractivity contribution in [2.75, 3.05) is 6.61 Å². The number of aliphatic hydroxyl groups is 4. The van der Waals surface area contributed by atoms with Gasteiger partial charge in [-0.2, -0.15) is 0 Å². The molecule has 2 aromatic rings. The Bertz CT molecular complexity index is 833. The van der Waals surface area contributed by atoms with E-state index in [9.17, 15) is 25.2 Å². The van der Waals surface area contributed by atoms with Gasteiger partial charge in [0, 0.05) is 17.5 Å². The minimum Gasteiger partial charge on any atom is -0.462 e. The van der Waals surface area contributed by atoms with Crippen LogP contribution in [0.15, 0.2) is 33.5 Å². The van der Waals surface area contributed by atoms with Crippen LogP contribution in [0.5, 0.6) is 5.75 Å². The van der Waals surface area contributed by atoms with Gasteiger partial charge in [0.1, 0.15) is 35.7 Å². The summed E-state index contributed by atoms with van der Waals surface area (Å²) in [5.74, 6) is -0.0504. The Balaban J connectivity index is 1.95. The van der Waals surface area contributed by atoms with Crippen molar-refractivity contribution in [3.05, 3.63) is 40.2 Å². The van der Waals surface area contributed by atoms with Crippen molar-refractivity contribution in [3.8, 4) is 5.75 Å². The summed E-state index contributed by atoms with van der Waals surface area (Å²) < 4.78 is 23.9. The highest BCUT2D eigenvalue weighted by atomic mass is 16.7. The average Bonchev–Trinajstić information content (AvgIpc) is 2.58. The maximum atomic E-state index is 11.5. The summed E-state index contributed by atoms with van der Waals surface area (Å²) >= 11 is 0. The summed E-state index contributed by atoms with van der Waals surface area (Å²) in [5.41, 5.74) is 0.0507. The minimum atomic E-state index is -1.60. The Kier molecular flexibility index (Phi) is 4.21. The van der Waals surface area contributed by atoms with Crippen LogP contribution in [0.1, 0.15) is 6.93 Å². The van der Waals surface area contributed by atoms with E-state index >= 15 is 0 Å². The second-order valence-electron chi connectivity index (χ2n) is 5.63. The highest BCUT2D eigenvalue weighted by Crippen LogP contribution is 2.27. The fraction of sp³-hybridized carbons (Fsp3) is 0.438. The molecule has 0 spiro atoms. The van der Waals surface area contributed by atoms with Crippen molar-refractivity contribution < 1.29 is 35.7 Å². The van der Waals surface area contributed by atoms with Gasteiger partial charge < -0.3 is 34.3 Å². The third-order valence-corrected chi connectivity index (χ3v) is 3.94. The molecule has 1 aliphatic heterocycles. The molecule has 5 atom stereocenters. The molecule has 8 nitrogen and oxygen atoms in total. The normalized spacial score (nSPS) is 31.0. The highest BCUT2D eigenvalue weighted by Gasteiger charge is 2.44. The fourth-order valence-electron chi connectivity index (χ4n) is 2.59. The molecule has 1 fully saturated rings. The summed E-state index contributed by atoms with van der Waals surface area (Å²) in [4.78, 5) is 11.5. The molecule has 0 saturated carbocycles. The number of rotatable bonds is 3. The lowest BCUT2D eigenvalue weighted by molar-refractivity contribution is -0.277. The Morgan fingerprint density at radius 3 is 2.71 bits per heavy atom. The molecule has 8 heteroatoms. The zero-order chi connectivity index (χ0) is 18.3. The summed E-state index contributed by atoms with van der Waals surface area (Å²) in [6.45, 7) is 1.11. The second-order valence-corrected chi connectivity index (χ2v) is 5.63. The van der Waals surface area contributed by atoms with Crippen molar-refractivity contribution in [1.82, 2.24) is 0 Å². The van der Waals surface area contributed by atoms with Crippen LogP contribution in [0.3, 0.4) is 0 Å². The van der Waals surface area contributed by atoms with Gasteiger partial charge in [-0.25, -0.2) is 4.79 Å². The molecule has 1 aromatic carbocycles. The van der Waals surface area contributed by atoms with E-state index in [4.69, 9.17) is 15.3 Å². The second kappa shape index (κ2) is 6.50. The smallest absolute Gasteiger partial charge is 0.336 e. The van der Waals surface area contributed by atoms with Gasteiger partial charge in [-0.15, -0.1) is 0 Å². The minimum absolute atomic E-state index is 0.0205. The van der Waals surface area contributed by atoms with Gasteiger partial charge in [0.15, 0.2) is 0 Å². The van der Waals surface area contributed by atoms with Crippen LogP contribution in [0, 0.1) is 6.92 Å². The number of hydrogen-bond acceptors (Lipinski definition) is 8. The average molecular weight is 339 g/mol. The van der Waals surface area contributed by atoms with E-state index in [1.165, 1.54) is 12.1 Å². The molecule has 1 unspecified atom stereocenters. The third kappa shape index (κ3) is 3.02. The molecule has 3 rings (SSSR count). The number of fused-ring (bicyclic) bond motifs is 1. The number of benzene rings is 1. The molecule has 1 aromatic heterocycles. The van der Waals surface area contributed by atoms with E-state index < -0.39 is 42.9 Å². The van der Waals surface area contributed by atoms with Crippen LogP contribution in [0.2, 0.25) is 0 Å². The Labute approximate surface area is 137 Å². The molecule has 0 aliphatic carbocycles. The molecule has 24 heavy (non-hydrogen) atoms. The molecular weight excluding hydrogens is 320 g/mol. The molecule has 1 aliphatic rings. The molecule has 0 radical (unpaired) electrons. The van der Waals surface area contributed by atoms with Gasteiger partial charge >= 0.3 is 5.63 Å². The van der Waals surface area contributed by atoms with Crippen LogP contribution in [-0.4, -0.2) is 57.7 Å². The molecule has 4 N–H and O–H groups in total. The first-order valence-electron chi connectivity index (χ1n) is 7.84. The molecule has 130 valence electrons. The highest BCUT2D eigenvalue weighted by molar-refractivity contribution is 5.81. The van der Waals surface area contributed by atoms with Gasteiger partial charge in [-0.3, -0.25) is 0 Å². The lowest BCUT2D eigenvalue weighted by atomic mass is 9.99. The summed E-state index contributed by atoms with van der Waals surface area (Å²) in [5, 5.41) is 39.3. The standard InChI is InChI=1S/C16H18O8/c1-7-4-12(18)23-10-5-8(2-3-9(7)10)22-16-15(21)14(20)13(19)11(6-17)24-16/h2-5,11,13-17,19-21H,6H2,1H3/t11-,13+,14+,15-,16?/m1/s1/i5D. The van der Waals surface area contributed by atoms with E-state index in [1.807, 2.05) is 0 Å². The molecule has 2 heterocycles. The van der Waals surface area contributed by atoms with Gasteiger partial charge in [0.05, 0.1) is 7.98 Å². The van der Waals surface area contributed by atoms with Gasteiger partial charge in [0.2, 0.25) is 6.29 Å². The zero-order valence-electron chi connectivity index (χ0n) is 13.7. The summed E-state index contributed by atoms with van der Waals surface area (Å²) in [6.07, 6.45) is -7.25. The molecule has 0 amide bonds. The maximum absolute atomic E-state index is 11.5. The predicted molar refractivity (Wildman–Crippen MR) is 81.6 cm³/mol. The monoisotopic (exact) mass is 339 g/mol. The first-order chi connectivity index (χ1) is 11.8. The van der Waals surface area contributed by atoms with Gasteiger partial charge in [0.25, 0.3) is 0 Å². The van der Waals surface area contributed by atoms with Crippen molar-refractivity contribution in [2.24, 2.45) is 0 Å². The van der Waals surface area contributed by atoms with E-state index in [-0.39, 0.29) is 17.4 Å². The number of ether oxygens (including phenoxy) is 2. The summed E-state index contributed by atoms with van der Waals surface area (Å²) in [7, 11) is 0. The van der Waals surface area contributed by atoms with Crippen LogP contribution < -0.4 is 10.4 Å². The van der Waals surface area contributed by atoms with Crippen molar-refractivity contribution >= 4 is 11.0 Å². The quantitative estimate of drug-likeness (QED) is 0.539. The molecular formula is C16H18O8. The van der Waals surface area contributed by atoms with E-state index in [0.29, 0.717) is 10.9 Å². The van der Waals surface area contributed by atoms with Gasteiger partial charge in [-0.1, -0.05) is 0 Å². The van der Waals surface area contributed by atoms with Crippen molar-refractivity contribution in [2.45, 2.75) is 37.6 Å². The van der Waals surface area contributed by atoms with E-state index in [1.54, 1.807) is 13.0 Å². The topological polar surface area (TPSA) is 130 Å². The van der Waals surface area contributed by atoms with Crippen LogP contribution in [0.25, 0.3) is 11.0 Å². The number of hydrogen-bond donors (Lipinski definition) is 4. The zero-order valence-corrected chi connectivity index (χ0v) is 12.7. The third-order valence-electron chi connectivity index (χ3n) is 3.94. The Morgan fingerprint density at radius 1 is 1.25 bits per heavy atom. The lowest BCUT2D eigenvalue weighted by Crippen LogP contribution is -2.60. The van der Waals surface area contributed by atoms with Crippen molar-refractivity contribution in [3.63, 3.8) is 0 Å². The van der Waals surface area contributed by atoms with Crippen LogP contribution in [0.4, 0.5) is 0 Å². The Hall–Kier alpha value is -1.97. The van der Waals surface area contributed by atoms with Crippen LogP contribution >= 0.6 is 0 Å².